The monoisotopic (exact) mass is 425 g/mol. The Morgan fingerprint density at radius 3 is 2.41 bits per heavy atom. The first-order chi connectivity index (χ1) is 13.9. The number of hydrogen-bond donors (Lipinski definition) is 2. The van der Waals surface area contributed by atoms with Crippen LogP contribution in [0.25, 0.3) is 11.0 Å². The summed E-state index contributed by atoms with van der Waals surface area (Å²) >= 11 is 5.82. The second kappa shape index (κ2) is 7.89. The minimum Gasteiger partial charge on any atom is -0.342 e. The van der Waals surface area contributed by atoms with E-state index in [-0.39, 0.29) is 4.90 Å². The van der Waals surface area contributed by atoms with Crippen molar-refractivity contribution in [3.8, 4) is 0 Å². The molecule has 1 heterocycles. The number of nitrogens with one attached hydrogen (secondary N) is 2. The lowest BCUT2D eigenvalue weighted by Crippen LogP contribution is -2.12. The molecule has 148 valence electrons. The fourth-order valence-electron chi connectivity index (χ4n) is 3.12. The maximum Gasteiger partial charge on any atom is 0.261 e. The normalized spacial score (nSPS) is 11.7. The van der Waals surface area contributed by atoms with Crippen LogP contribution in [0.4, 0.5) is 5.69 Å². The second-order valence-electron chi connectivity index (χ2n) is 6.96. The van der Waals surface area contributed by atoms with Crippen molar-refractivity contribution < 1.29 is 8.42 Å². The second-order valence-corrected chi connectivity index (χ2v) is 9.08. The minimum atomic E-state index is -3.64. The van der Waals surface area contributed by atoms with Gasteiger partial charge in [0.1, 0.15) is 5.82 Å². The molecule has 0 radical (unpaired) electrons. The molecular weight excluding hydrogens is 406 g/mol. The molecule has 5 nitrogen and oxygen atoms in total. The predicted octanol–water partition coefficient (Wildman–Crippen LogP) is 5.11. The van der Waals surface area contributed by atoms with Crippen molar-refractivity contribution in [3.05, 3.63) is 88.7 Å². The molecule has 0 saturated heterocycles. The van der Waals surface area contributed by atoms with Crippen LogP contribution in [0.3, 0.4) is 0 Å². The first kappa shape index (κ1) is 19.5. The third-order valence-electron chi connectivity index (χ3n) is 4.67. The smallest absolute Gasteiger partial charge is 0.261 e. The van der Waals surface area contributed by atoms with Crippen LogP contribution in [0, 0.1) is 6.92 Å². The Bertz CT molecular complexity index is 1250. The van der Waals surface area contributed by atoms with Gasteiger partial charge in [-0.05, 0) is 73.0 Å². The van der Waals surface area contributed by atoms with Gasteiger partial charge >= 0.3 is 0 Å². The zero-order valence-corrected chi connectivity index (χ0v) is 17.4. The van der Waals surface area contributed by atoms with Gasteiger partial charge in [0.05, 0.1) is 15.9 Å². The van der Waals surface area contributed by atoms with Gasteiger partial charge in [-0.15, -0.1) is 0 Å². The van der Waals surface area contributed by atoms with E-state index in [2.05, 4.69) is 33.7 Å². The van der Waals surface area contributed by atoms with E-state index in [9.17, 15) is 8.42 Å². The number of H-pyrrole nitrogens is 1. The van der Waals surface area contributed by atoms with E-state index in [1.807, 2.05) is 18.2 Å². The number of hydrogen-bond acceptors (Lipinski definition) is 3. The van der Waals surface area contributed by atoms with Gasteiger partial charge in [0, 0.05) is 17.1 Å². The van der Waals surface area contributed by atoms with Crippen LogP contribution < -0.4 is 4.72 Å². The quantitative estimate of drug-likeness (QED) is 0.450. The predicted molar refractivity (Wildman–Crippen MR) is 117 cm³/mol. The summed E-state index contributed by atoms with van der Waals surface area (Å²) in [4.78, 5) is 8.15. The van der Waals surface area contributed by atoms with Crippen molar-refractivity contribution in [3.63, 3.8) is 0 Å². The Hall–Kier alpha value is -2.83. The molecule has 0 amide bonds. The third-order valence-corrected chi connectivity index (χ3v) is 6.32. The highest BCUT2D eigenvalue weighted by molar-refractivity contribution is 7.92. The average Bonchev–Trinajstić information content (AvgIpc) is 3.09. The number of imidazole rings is 1. The molecule has 1 aromatic heterocycles. The van der Waals surface area contributed by atoms with E-state index in [1.54, 1.807) is 24.3 Å². The molecule has 0 atom stereocenters. The van der Waals surface area contributed by atoms with E-state index in [1.165, 1.54) is 17.7 Å². The Labute approximate surface area is 174 Å². The number of halogens is 1. The summed E-state index contributed by atoms with van der Waals surface area (Å²) in [7, 11) is -3.64. The summed E-state index contributed by atoms with van der Waals surface area (Å²) in [5.41, 5.74) is 4.84. The van der Waals surface area contributed by atoms with Gasteiger partial charge in [0.2, 0.25) is 0 Å². The van der Waals surface area contributed by atoms with Gasteiger partial charge in [-0.1, -0.05) is 29.8 Å². The molecule has 0 aliphatic carbocycles. The van der Waals surface area contributed by atoms with Crippen LogP contribution in [-0.2, 0) is 22.9 Å². The molecular formula is C22H20ClN3O2S. The number of benzene rings is 3. The summed E-state index contributed by atoms with van der Waals surface area (Å²) in [6, 6.07) is 19.6. The molecule has 0 bridgehead atoms. The van der Waals surface area contributed by atoms with Gasteiger partial charge in [-0.25, -0.2) is 13.4 Å². The molecule has 3 aromatic carbocycles. The van der Waals surface area contributed by atoms with Crippen LogP contribution in [0.1, 0.15) is 17.0 Å². The van der Waals surface area contributed by atoms with E-state index < -0.39 is 10.0 Å². The number of aromatic nitrogens is 2. The van der Waals surface area contributed by atoms with E-state index in [0.717, 1.165) is 35.3 Å². The molecule has 0 saturated carbocycles. The van der Waals surface area contributed by atoms with E-state index in [0.29, 0.717) is 10.7 Å². The number of nitrogens with zero attached hydrogens (tertiary/aromatic N) is 1. The Balaban J connectivity index is 1.41. The lowest BCUT2D eigenvalue weighted by Gasteiger charge is -2.09. The number of sulfonamides is 1. The van der Waals surface area contributed by atoms with Crippen LogP contribution in [0.15, 0.2) is 71.6 Å². The lowest BCUT2D eigenvalue weighted by atomic mass is 10.1. The summed E-state index contributed by atoms with van der Waals surface area (Å²) < 4.78 is 27.5. The summed E-state index contributed by atoms with van der Waals surface area (Å²) in [6.07, 6.45) is 1.59. The lowest BCUT2D eigenvalue weighted by molar-refractivity contribution is 0.601. The number of aryl methyl sites for hydroxylation is 3. The molecule has 7 heteroatoms. The van der Waals surface area contributed by atoms with Gasteiger partial charge in [0.25, 0.3) is 10.0 Å². The first-order valence-electron chi connectivity index (χ1n) is 9.22. The van der Waals surface area contributed by atoms with Crippen molar-refractivity contribution in [2.24, 2.45) is 0 Å². The molecule has 0 aliphatic rings. The maximum atomic E-state index is 12.5. The number of aromatic amines is 1. The standard InChI is InChI=1S/C22H20ClN3O2S/c1-15-2-12-20-21(14-15)25-22(24-20)13-5-16-3-8-18(9-4-16)26-29(27,28)19-10-6-17(23)7-11-19/h2-4,6-12,14,26H,5,13H2,1H3,(H,24,25). The Kier molecular flexibility index (Phi) is 5.30. The van der Waals surface area contributed by atoms with Gasteiger partial charge in [-0.3, -0.25) is 4.72 Å². The largest absolute Gasteiger partial charge is 0.342 e. The minimum absolute atomic E-state index is 0.172. The van der Waals surface area contributed by atoms with E-state index in [4.69, 9.17) is 11.6 Å². The molecule has 0 fully saturated rings. The van der Waals surface area contributed by atoms with Crippen molar-refractivity contribution in [1.29, 1.82) is 0 Å². The average molecular weight is 426 g/mol. The van der Waals surface area contributed by atoms with E-state index >= 15 is 0 Å². The van der Waals surface area contributed by atoms with Crippen LogP contribution >= 0.6 is 11.6 Å². The molecule has 4 aromatic rings. The molecule has 0 unspecified atom stereocenters. The Morgan fingerprint density at radius 2 is 1.69 bits per heavy atom. The highest BCUT2D eigenvalue weighted by atomic mass is 35.5. The Morgan fingerprint density at radius 1 is 0.966 bits per heavy atom. The summed E-state index contributed by atoms with van der Waals surface area (Å²) in [5, 5.41) is 0.493. The highest BCUT2D eigenvalue weighted by Crippen LogP contribution is 2.20. The summed E-state index contributed by atoms with van der Waals surface area (Å²) in [6.45, 7) is 2.06. The maximum absolute atomic E-state index is 12.5. The van der Waals surface area contributed by atoms with Gasteiger partial charge in [0.15, 0.2) is 0 Å². The topological polar surface area (TPSA) is 74.8 Å². The van der Waals surface area contributed by atoms with Crippen molar-refractivity contribution in [2.75, 3.05) is 4.72 Å². The van der Waals surface area contributed by atoms with Gasteiger partial charge in [-0.2, -0.15) is 0 Å². The number of fused-ring (bicyclic) bond motifs is 1. The fraction of sp³-hybridized carbons (Fsp3) is 0.136. The zero-order chi connectivity index (χ0) is 20.4. The third kappa shape index (κ3) is 4.60. The molecule has 4 rings (SSSR count). The molecule has 29 heavy (non-hydrogen) atoms. The van der Waals surface area contributed by atoms with Crippen LogP contribution in [-0.4, -0.2) is 18.4 Å². The summed E-state index contributed by atoms with van der Waals surface area (Å²) in [5.74, 6) is 0.943. The van der Waals surface area contributed by atoms with Crippen LogP contribution in [0.5, 0.6) is 0 Å². The molecule has 0 aliphatic heterocycles. The van der Waals surface area contributed by atoms with Crippen LogP contribution in [0.2, 0.25) is 5.02 Å². The number of rotatable bonds is 6. The zero-order valence-electron chi connectivity index (χ0n) is 15.8. The van der Waals surface area contributed by atoms with Crippen molar-refractivity contribution in [2.45, 2.75) is 24.7 Å². The fourth-order valence-corrected chi connectivity index (χ4v) is 4.31. The van der Waals surface area contributed by atoms with Gasteiger partial charge < -0.3 is 4.98 Å². The van der Waals surface area contributed by atoms with Crippen molar-refractivity contribution >= 4 is 38.3 Å². The molecule has 0 spiro atoms. The van der Waals surface area contributed by atoms with Crippen molar-refractivity contribution in [1.82, 2.24) is 9.97 Å². The number of anilines is 1. The highest BCUT2D eigenvalue weighted by Gasteiger charge is 2.14. The SMILES string of the molecule is Cc1ccc2nc(CCc3ccc(NS(=O)(=O)c4ccc(Cl)cc4)cc3)[nH]c2c1. The first-order valence-corrected chi connectivity index (χ1v) is 11.1. The molecule has 2 N–H and O–H groups in total.